The second-order valence-electron chi connectivity index (χ2n) is 8.33. The number of ether oxygens (including phenoxy) is 2. The predicted molar refractivity (Wildman–Crippen MR) is 125 cm³/mol. The van der Waals surface area contributed by atoms with E-state index < -0.39 is 66.2 Å². The van der Waals surface area contributed by atoms with Gasteiger partial charge in [0.15, 0.2) is 29.1 Å². The molecule has 0 radical (unpaired) electrons. The zero-order chi connectivity index (χ0) is 27.3. The summed E-state index contributed by atoms with van der Waals surface area (Å²) in [5.41, 5.74) is -1.69. The molecule has 1 fully saturated rings. The first-order valence-corrected chi connectivity index (χ1v) is 10.8. The van der Waals surface area contributed by atoms with Gasteiger partial charge in [0.25, 0.3) is 0 Å². The van der Waals surface area contributed by atoms with E-state index in [0.29, 0.717) is 11.1 Å². The van der Waals surface area contributed by atoms with E-state index in [9.17, 15) is 50.1 Å². The minimum atomic E-state index is -2.32. The third-order valence-corrected chi connectivity index (χ3v) is 5.60. The van der Waals surface area contributed by atoms with Crippen molar-refractivity contribution in [3.63, 3.8) is 0 Å². The van der Waals surface area contributed by atoms with Crippen molar-refractivity contribution in [2.24, 2.45) is 0 Å². The van der Waals surface area contributed by atoms with Gasteiger partial charge in [0, 0.05) is 25.0 Å². The molecule has 0 amide bonds. The van der Waals surface area contributed by atoms with Gasteiger partial charge in [0.1, 0.15) is 0 Å². The van der Waals surface area contributed by atoms with Crippen LogP contribution in [0.1, 0.15) is 24.0 Å². The van der Waals surface area contributed by atoms with Gasteiger partial charge in [-0.05, 0) is 47.5 Å². The van der Waals surface area contributed by atoms with E-state index in [1.807, 2.05) is 0 Å². The van der Waals surface area contributed by atoms with Gasteiger partial charge in [-0.3, -0.25) is 0 Å². The normalized spacial score (nSPS) is 23.7. The molecule has 196 valence electrons. The lowest BCUT2D eigenvalue weighted by Crippen LogP contribution is -2.58. The van der Waals surface area contributed by atoms with E-state index in [1.54, 1.807) is 0 Å². The van der Waals surface area contributed by atoms with Crippen molar-refractivity contribution < 1.29 is 59.6 Å². The van der Waals surface area contributed by atoms with Gasteiger partial charge < -0.3 is 45.2 Å². The molecular formula is C25H24O12. The Hall–Kier alpha value is -4.55. The fourth-order valence-corrected chi connectivity index (χ4v) is 3.72. The average Bonchev–Trinajstić information content (AvgIpc) is 2.83. The predicted octanol–water partition coefficient (Wildman–Crippen LogP) is 1.03. The second-order valence-corrected chi connectivity index (χ2v) is 8.33. The number of hydrogen-bond donors (Lipinski definition) is 7. The Kier molecular flexibility index (Phi) is 8.05. The third-order valence-electron chi connectivity index (χ3n) is 5.60. The van der Waals surface area contributed by atoms with Crippen molar-refractivity contribution in [2.45, 2.75) is 36.8 Å². The second kappa shape index (κ2) is 11.0. The van der Waals surface area contributed by atoms with Crippen molar-refractivity contribution in [3.8, 4) is 23.0 Å². The van der Waals surface area contributed by atoms with E-state index >= 15 is 0 Å². The summed E-state index contributed by atoms with van der Waals surface area (Å²) in [6.07, 6.45) is -2.07. The number of carbonyl (C=O) groups is 3. The average molecular weight is 516 g/mol. The van der Waals surface area contributed by atoms with E-state index in [2.05, 4.69) is 0 Å². The standard InChI is InChI=1S/C25H24O12/c26-15-5-1-13(9-17(15)28)3-7-21(32)36-23-19(30)11-25(24(34)35,12-20(23)31)37-22(33)8-4-14-2-6-16(27)18(29)10-14/h1-10,19-20,23,26-31H,11-12H2,(H,34,35)/b7-3+,8-4+/t19-,20-,23?,25?/m0/s1. The van der Waals surface area contributed by atoms with E-state index in [1.165, 1.54) is 42.5 Å². The van der Waals surface area contributed by atoms with E-state index in [0.717, 1.165) is 18.2 Å². The number of carboxylic acids is 1. The maximum Gasteiger partial charge on any atom is 0.348 e. The van der Waals surface area contributed by atoms with Crippen molar-refractivity contribution in [1.82, 2.24) is 0 Å². The van der Waals surface area contributed by atoms with E-state index in [-0.39, 0.29) is 11.5 Å². The van der Waals surface area contributed by atoms with Crippen LogP contribution in [0.4, 0.5) is 0 Å². The zero-order valence-electron chi connectivity index (χ0n) is 19.1. The number of aliphatic hydroxyl groups is 2. The molecule has 7 N–H and O–H groups in total. The van der Waals surface area contributed by atoms with Crippen molar-refractivity contribution >= 4 is 30.1 Å². The van der Waals surface area contributed by atoms with Crippen LogP contribution in [0.3, 0.4) is 0 Å². The summed E-state index contributed by atoms with van der Waals surface area (Å²) in [4.78, 5) is 36.4. The lowest BCUT2D eigenvalue weighted by Gasteiger charge is -2.41. The van der Waals surface area contributed by atoms with Gasteiger partial charge in [-0.1, -0.05) is 12.1 Å². The Morgan fingerprint density at radius 3 is 1.65 bits per heavy atom. The van der Waals surface area contributed by atoms with Crippen LogP contribution in [0, 0.1) is 0 Å². The number of phenolic OH excluding ortho intramolecular Hbond substituents is 4. The maximum atomic E-state index is 12.3. The molecule has 0 aliphatic heterocycles. The number of rotatable bonds is 7. The van der Waals surface area contributed by atoms with Crippen molar-refractivity contribution in [2.75, 3.05) is 0 Å². The van der Waals surface area contributed by atoms with Crippen molar-refractivity contribution in [3.05, 3.63) is 59.7 Å². The van der Waals surface area contributed by atoms with Crippen molar-refractivity contribution in [1.29, 1.82) is 0 Å². The molecule has 1 aliphatic carbocycles. The highest BCUT2D eigenvalue weighted by Crippen LogP contribution is 2.35. The summed E-state index contributed by atoms with van der Waals surface area (Å²) in [5, 5.41) is 68.3. The molecule has 0 heterocycles. The fraction of sp³-hybridized carbons (Fsp3) is 0.240. The van der Waals surface area contributed by atoms with Crippen LogP contribution in [-0.2, 0) is 23.9 Å². The summed E-state index contributed by atoms with van der Waals surface area (Å²) < 4.78 is 10.1. The number of aliphatic carboxylic acids is 1. The highest BCUT2D eigenvalue weighted by atomic mass is 16.6. The first-order valence-electron chi connectivity index (χ1n) is 10.8. The molecule has 0 bridgehead atoms. The summed E-state index contributed by atoms with van der Waals surface area (Å²) in [5.74, 6) is -5.32. The molecule has 2 aromatic rings. The summed E-state index contributed by atoms with van der Waals surface area (Å²) in [7, 11) is 0. The molecule has 1 aliphatic rings. The van der Waals surface area contributed by atoms with Crippen LogP contribution in [-0.4, -0.2) is 77.6 Å². The molecule has 0 aromatic heterocycles. The monoisotopic (exact) mass is 516 g/mol. The molecular weight excluding hydrogens is 492 g/mol. The summed E-state index contributed by atoms with van der Waals surface area (Å²) in [6, 6.07) is 7.48. The van der Waals surface area contributed by atoms with Crippen LogP contribution in [0.15, 0.2) is 48.6 Å². The topological polar surface area (TPSA) is 211 Å². The number of phenols is 4. The largest absolute Gasteiger partial charge is 0.504 e. The molecule has 0 spiro atoms. The van der Waals surface area contributed by atoms with Gasteiger partial charge in [-0.25, -0.2) is 14.4 Å². The lowest BCUT2D eigenvalue weighted by molar-refractivity contribution is -0.207. The highest BCUT2D eigenvalue weighted by molar-refractivity contribution is 5.91. The Labute approximate surface area is 209 Å². The van der Waals surface area contributed by atoms with Crippen LogP contribution < -0.4 is 0 Å². The first-order chi connectivity index (χ1) is 17.4. The first kappa shape index (κ1) is 27.0. The summed E-state index contributed by atoms with van der Waals surface area (Å²) in [6.45, 7) is 0. The van der Waals surface area contributed by atoms with Gasteiger partial charge in [0.05, 0.1) is 12.2 Å². The molecule has 12 heteroatoms. The fourth-order valence-electron chi connectivity index (χ4n) is 3.72. The lowest BCUT2D eigenvalue weighted by atomic mass is 9.79. The molecule has 1 saturated carbocycles. The Bertz CT molecular complexity index is 1240. The molecule has 2 atom stereocenters. The Balaban J connectivity index is 1.66. The van der Waals surface area contributed by atoms with Crippen LogP contribution >= 0.6 is 0 Å². The highest BCUT2D eigenvalue weighted by Gasteiger charge is 2.54. The van der Waals surface area contributed by atoms with E-state index in [4.69, 9.17) is 9.47 Å². The number of carbonyl (C=O) groups excluding carboxylic acids is 2. The number of esters is 2. The summed E-state index contributed by atoms with van der Waals surface area (Å²) >= 11 is 0. The quantitative estimate of drug-likeness (QED) is 0.156. The van der Waals surface area contributed by atoms with Crippen LogP contribution in [0.2, 0.25) is 0 Å². The van der Waals surface area contributed by atoms with Crippen LogP contribution in [0.25, 0.3) is 12.2 Å². The maximum absolute atomic E-state index is 12.3. The Morgan fingerprint density at radius 2 is 1.22 bits per heavy atom. The van der Waals surface area contributed by atoms with Crippen LogP contribution in [0.5, 0.6) is 23.0 Å². The van der Waals surface area contributed by atoms with Gasteiger partial charge in [-0.15, -0.1) is 0 Å². The van der Waals surface area contributed by atoms with Gasteiger partial charge in [-0.2, -0.15) is 0 Å². The molecule has 3 rings (SSSR count). The third kappa shape index (κ3) is 6.57. The number of hydrogen-bond acceptors (Lipinski definition) is 11. The molecule has 0 saturated heterocycles. The smallest absolute Gasteiger partial charge is 0.348 e. The molecule has 0 unspecified atom stereocenters. The number of aromatic hydroxyl groups is 4. The SMILES string of the molecule is O=C(/C=C/c1ccc(O)c(O)c1)OC1[C@@H](O)CC(OC(=O)/C=C/c2ccc(O)c(O)c2)(C(=O)O)C[C@@H]1O. The minimum Gasteiger partial charge on any atom is -0.504 e. The number of benzene rings is 2. The molecule has 2 aromatic carbocycles. The molecule has 12 nitrogen and oxygen atoms in total. The zero-order valence-corrected chi connectivity index (χ0v) is 19.1. The molecule has 37 heavy (non-hydrogen) atoms. The minimum absolute atomic E-state index is 0.294. The Morgan fingerprint density at radius 1 is 0.757 bits per heavy atom. The van der Waals surface area contributed by atoms with Gasteiger partial charge >= 0.3 is 17.9 Å². The number of aliphatic hydroxyl groups excluding tert-OH is 2. The van der Waals surface area contributed by atoms with Gasteiger partial charge in [0.2, 0.25) is 5.60 Å². The number of carboxylic acid groups (broad SMARTS) is 1.